The van der Waals surface area contributed by atoms with Crippen molar-refractivity contribution in [2.24, 2.45) is 0 Å². The van der Waals surface area contributed by atoms with Crippen molar-refractivity contribution in [3.8, 4) is 0 Å². The van der Waals surface area contributed by atoms with Gasteiger partial charge < -0.3 is 9.80 Å². The van der Waals surface area contributed by atoms with Gasteiger partial charge in [-0.15, -0.1) is 0 Å². The van der Waals surface area contributed by atoms with Crippen LogP contribution in [0.15, 0.2) is 42.5 Å². The Labute approximate surface area is 170 Å². The molecule has 2 aliphatic heterocycles. The van der Waals surface area contributed by atoms with Crippen molar-refractivity contribution in [1.82, 2.24) is 9.80 Å². The van der Waals surface area contributed by atoms with Crippen LogP contribution in [0.5, 0.6) is 0 Å². The summed E-state index contributed by atoms with van der Waals surface area (Å²) < 4.78 is 13.7. The number of aryl methyl sites for hydroxylation is 2. The quantitative estimate of drug-likeness (QED) is 0.785. The van der Waals surface area contributed by atoms with E-state index in [2.05, 4.69) is 4.90 Å². The highest BCUT2D eigenvalue weighted by Gasteiger charge is 2.48. The number of hydrogen-bond acceptors (Lipinski definition) is 3. The number of piperazine rings is 1. The van der Waals surface area contributed by atoms with Crippen LogP contribution >= 0.6 is 0 Å². The molecule has 0 saturated carbocycles. The zero-order valence-electron chi connectivity index (χ0n) is 17.1. The summed E-state index contributed by atoms with van der Waals surface area (Å²) >= 11 is 0. The minimum absolute atomic E-state index is 0.0209. The predicted octanol–water partition coefficient (Wildman–Crippen LogP) is 3.01. The molecule has 2 aromatic rings. The number of likely N-dealkylation sites (tertiary alicyclic amines) is 1. The minimum atomic E-state index is -0.360. The van der Waals surface area contributed by atoms with Gasteiger partial charge in [-0.25, -0.2) is 4.39 Å². The molecule has 6 heteroatoms. The standard InChI is InChI=1S/C23H26FN3O2/c1-16-7-8-18(11-17(16)2)22(29)26-10-9-23(14-26)15-27(21(28)13-25(23)3)20-6-4-5-19(24)12-20/h4-8,11-12H,9-10,13-15H2,1-3H3. The van der Waals surface area contributed by atoms with E-state index in [0.29, 0.717) is 30.9 Å². The van der Waals surface area contributed by atoms with Gasteiger partial charge in [0.05, 0.1) is 12.1 Å². The van der Waals surface area contributed by atoms with Crippen molar-refractivity contribution in [2.45, 2.75) is 25.8 Å². The lowest BCUT2D eigenvalue weighted by atomic mass is 9.92. The second-order valence-corrected chi connectivity index (χ2v) is 8.32. The van der Waals surface area contributed by atoms with Crippen LogP contribution in [0.1, 0.15) is 27.9 Å². The largest absolute Gasteiger partial charge is 0.337 e. The highest BCUT2D eigenvalue weighted by molar-refractivity contribution is 5.97. The third-order valence-corrected chi connectivity index (χ3v) is 6.43. The van der Waals surface area contributed by atoms with Crippen LogP contribution in [0.3, 0.4) is 0 Å². The zero-order valence-corrected chi connectivity index (χ0v) is 17.1. The van der Waals surface area contributed by atoms with E-state index in [4.69, 9.17) is 0 Å². The van der Waals surface area contributed by atoms with Gasteiger partial charge in [-0.1, -0.05) is 12.1 Å². The summed E-state index contributed by atoms with van der Waals surface area (Å²) in [4.78, 5) is 31.3. The molecule has 2 aromatic carbocycles. The van der Waals surface area contributed by atoms with Gasteiger partial charge in [0.25, 0.3) is 5.91 Å². The van der Waals surface area contributed by atoms with Crippen molar-refractivity contribution < 1.29 is 14.0 Å². The van der Waals surface area contributed by atoms with Crippen molar-refractivity contribution in [3.63, 3.8) is 0 Å². The fraction of sp³-hybridized carbons (Fsp3) is 0.391. The van der Waals surface area contributed by atoms with Crippen LogP contribution in [-0.2, 0) is 4.79 Å². The van der Waals surface area contributed by atoms with Crippen molar-refractivity contribution in [1.29, 1.82) is 0 Å². The molecular formula is C23H26FN3O2. The third-order valence-electron chi connectivity index (χ3n) is 6.43. The maximum atomic E-state index is 13.7. The predicted molar refractivity (Wildman–Crippen MR) is 111 cm³/mol. The topological polar surface area (TPSA) is 43.9 Å². The van der Waals surface area contributed by atoms with Crippen LogP contribution < -0.4 is 4.90 Å². The van der Waals surface area contributed by atoms with Crippen molar-refractivity contribution in [2.75, 3.05) is 38.1 Å². The molecule has 152 valence electrons. The number of halogens is 1. The fourth-order valence-electron chi connectivity index (χ4n) is 4.37. The highest BCUT2D eigenvalue weighted by atomic mass is 19.1. The molecule has 0 bridgehead atoms. The smallest absolute Gasteiger partial charge is 0.253 e. The lowest BCUT2D eigenvalue weighted by molar-refractivity contribution is -0.123. The lowest BCUT2D eigenvalue weighted by Gasteiger charge is -2.46. The van der Waals surface area contributed by atoms with Crippen LogP contribution in [0.2, 0.25) is 0 Å². The number of benzene rings is 2. The Bertz CT molecular complexity index is 976. The number of nitrogens with zero attached hydrogens (tertiary/aromatic N) is 3. The Morgan fingerprint density at radius 3 is 2.59 bits per heavy atom. The van der Waals surface area contributed by atoms with E-state index in [0.717, 1.165) is 17.5 Å². The Morgan fingerprint density at radius 2 is 1.86 bits per heavy atom. The number of carbonyl (C=O) groups is 2. The van der Waals surface area contributed by atoms with Gasteiger partial charge in [0.2, 0.25) is 5.91 Å². The molecule has 5 nitrogen and oxygen atoms in total. The second kappa shape index (κ2) is 7.26. The molecule has 1 spiro atoms. The minimum Gasteiger partial charge on any atom is -0.337 e. The van der Waals surface area contributed by atoms with Crippen LogP contribution in [0.25, 0.3) is 0 Å². The molecule has 1 atom stereocenters. The Morgan fingerprint density at radius 1 is 1.07 bits per heavy atom. The van der Waals surface area contributed by atoms with E-state index in [9.17, 15) is 14.0 Å². The van der Waals surface area contributed by atoms with Crippen LogP contribution in [0.4, 0.5) is 10.1 Å². The van der Waals surface area contributed by atoms with E-state index in [1.807, 2.05) is 44.0 Å². The van der Waals surface area contributed by atoms with E-state index in [1.165, 1.54) is 12.1 Å². The lowest BCUT2D eigenvalue weighted by Crippen LogP contribution is -2.64. The summed E-state index contributed by atoms with van der Waals surface area (Å²) in [5.41, 5.74) is 3.21. The first kappa shape index (κ1) is 19.6. The molecule has 4 rings (SSSR count). The molecule has 0 radical (unpaired) electrons. The highest BCUT2D eigenvalue weighted by Crippen LogP contribution is 2.34. The Balaban J connectivity index is 1.56. The number of rotatable bonds is 2. The van der Waals surface area contributed by atoms with Gasteiger partial charge in [-0.2, -0.15) is 0 Å². The molecule has 1 unspecified atom stereocenters. The Kier molecular flexibility index (Phi) is 4.90. The maximum absolute atomic E-state index is 13.7. The molecule has 2 saturated heterocycles. The summed E-state index contributed by atoms with van der Waals surface area (Å²) in [6, 6.07) is 11.9. The second-order valence-electron chi connectivity index (χ2n) is 8.32. The van der Waals surface area contributed by atoms with Gasteiger partial charge in [-0.3, -0.25) is 14.5 Å². The van der Waals surface area contributed by atoms with Crippen molar-refractivity contribution >= 4 is 17.5 Å². The number of hydrogen-bond donors (Lipinski definition) is 0. The fourth-order valence-corrected chi connectivity index (χ4v) is 4.37. The summed E-state index contributed by atoms with van der Waals surface area (Å²) in [5.74, 6) is -0.392. The average molecular weight is 395 g/mol. The summed E-state index contributed by atoms with van der Waals surface area (Å²) in [6.07, 6.45) is 0.777. The summed E-state index contributed by atoms with van der Waals surface area (Å²) in [6.45, 7) is 5.93. The van der Waals surface area contributed by atoms with Gasteiger partial charge in [0.1, 0.15) is 5.82 Å². The molecule has 2 aliphatic rings. The zero-order chi connectivity index (χ0) is 20.8. The van der Waals surface area contributed by atoms with E-state index in [-0.39, 0.29) is 29.7 Å². The third kappa shape index (κ3) is 3.53. The molecule has 2 heterocycles. The molecule has 0 N–H and O–H groups in total. The molecule has 2 fully saturated rings. The van der Waals surface area contributed by atoms with Gasteiger partial charge in [0, 0.05) is 30.9 Å². The van der Waals surface area contributed by atoms with Gasteiger partial charge in [-0.05, 0) is 68.8 Å². The number of anilines is 1. The normalized spacial score (nSPS) is 22.6. The first-order chi connectivity index (χ1) is 13.8. The molecular weight excluding hydrogens is 369 g/mol. The summed E-state index contributed by atoms with van der Waals surface area (Å²) in [5, 5.41) is 0. The number of likely N-dealkylation sites (N-methyl/N-ethyl adjacent to an activating group) is 1. The van der Waals surface area contributed by atoms with E-state index in [1.54, 1.807) is 17.0 Å². The molecule has 0 aromatic heterocycles. The van der Waals surface area contributed by atoms with Crippen LogP contribution in [0, 0.1) is 19.7 Å². The van der Waals surface area contributed by atoms with Gasteiger partial charge in [0.15, 0.2) is 0 Å². The summed E-state index contributed by atoms with van der Waals surface area (Å²) in [7, 11) is 1.94. The van der Waals surface area contributed by atoms with Gasteiger partial charge >= 0.3 is 0 Å². The maximum Gasteiger partial charge on any atom is 0.253 e. The molecule has 2 amide bonds. The van der Waals surface area contributed by atoms with E-state index < -0.39 is 0 Å². The SMILES string of the molecule is Cc1ccc(C(=O)N2CCC3(C2)CN(c2cccc(F)c2)C(=O)CN3C)cc1C. The first-order valence-electron chi connectivity index (χ1n) is 9.93. The first-order valence-corrected chi connectivity index (χ1v) is 9.93. The monoisotopic (exact) mass is 395 g/mol. The van der Waals surface area contributed by atoms with E-state index >= 15 is 0 Å². The molecule has 29 heavy (non-hydrogen) atoms. The van der Waals surface area contributed by atoms with Crippen LogP contribution in [-0.4, -0.2) is 60.4 Å². The average Bonchev–Trinajstić information content (AvgIpc) is 3.12. The van der Waals surface area contributed by atoms with Crippen molar-refractivity contribution in [3.05, 3.63) is 65.0 Å². The number of amides is 2. The number of carbonyl (C=O) groups excluding carboxylic acids is 2. The Hall–Kier alpha value is -2.73. The molecule has 0 aliphatic carbocycles.